The quantitative estimate of drug-likeness (QED) is 0.635. The van der Waals surface area contributed by atoms with Crippen molar-refractivity contribution in [1.29, 1.82) is 0 Å². The summed E-state index contributed by atoms with van der Waals surface area (Å²) in [6, 6.07) is 0. The highest BCUT2D eigenvalue weighted by atomic mass is 16.3. The zero-order valence-corrected chi connectivity index (χ0v) is 8.97. The lowest BCUT2D eigenvalue weighted by Crippen LogP contribution is -2.31. The van der Waals surface area contributed by atoms with Crippen LogP contribution in [-0.2, 0) is 0 Å². The van der Waals surface area contributed by atoms with Crippen LogP contribution in [0, 0.1) is 5.41 Å². The van der Waals surface area contributed by atoms with E-state index in [1.54, 1.807) is 0 Å². The molecule has 1 aliphatic rings. The SMILES string of the molecule is CCCC1(CNCC(O)CC)CC1. The molecule has 1 rings (SSSR count). The highest BCUT2D eigenvalue weighted by molar-refractivity contribution is 4.94. The molecule has 0 saturated heterocycles. The van der Waals surface area contributed by atoms with Crippen LogP contribution in [-0.4, -0.2) is 24.3 Å². The topological polar surface area (TPSA) is 32.3 Å². The Hall–Kier alpha value is -0.0800. The highest BCUT2D eigenvalue weighted by Crippen LogP contribution is 2.48. The Balaban J connectivity index is 2.05. The van der Waals surface area contributed by atoms with Crippen molar-refractivity contribution in [2.24, 2.45) is 5.41 Å². The first-order chi connectivity index (χ1) is 6.22. The largest absolute Gasteiger partial charge is 0.392 e. The second kappa shape index (κ2) is 4.97. The van der Waals surface area contributed by atoms with Crippen molar-refractivity contribution >= 4 is 0 Å². The van der Waals surface area contributed by atoms with E-state index in [1.165, 1.54) is 25.7 Å². The van der Waals surface area contributed by atoms with Gasteiger partial charge in [0.2, 0.25) is 0 Å². The maximum Gasteiger partial charge on any atom is 0.0662 e. The molecule has 2 nitrogen and oxygen atoms in total. The summed E-state index contributed by atoms with van der Waals surface area (Å²) in [7, 11) is 0. The molecule has 0 aromatic rings. The summed E-state index contributed by atoms with van der Waals surface area (Å²) < 4.78 is 0. The van der Waals surface area contributed by atoms with Crippen LogP contribution < -0.4 is 5.32 Å². The smallest absolute Gasteiger partial charge is 0.0662 e. The van der Waals surface area contributed by atoms with Gasteiger partial charge in [-0.15, -0.1) is 0 Å². The number of aliphatic hydroxyl groups excluding tert-OH is 1. The molecule has 1 fully saturated rings. The van der Waals surface area contributed by atoms with Crippen molar-refractivity contribution in [3.8, 4) is 0 Å². The predicted molar refractivity (Wildman–Crippen MR) is 55.7 cm³/mol. The molecule has 1 saturated carbocycles. The Bertz CT molecular complexity index is 143. The standard InChI is InChI=1S/C11H23NO/c1-3-5-11(6-7-11)9-12-8-10(13)4-2/h10,12-13H,3-9H2,1-2H3. The van der Waals surface area contributed by atoms with Crippen LogP contribution in [0.3, 0.4) is 0 Å². The molecule has 1 unspecified atom stereocenters. The molecule has 0 heterocycles. The van der Waals surface area contributed by atoms with E-state index in [2.05, 4.69) is 12.2 Å². The van der Waals surface area contributed by atoms with Crippen LogP contribution in [0.25, 0.3) is 0 Å². The summed E-state index contributed by atoms with van der Waals surface area (Å²) in [4.78, 5) is 0. The van der Waals surface area contributed by atoms with E-state index < -0.39 is 0 Å². The van der Waals surface area contributed by atoms with E-state index in [-0.39, 0.29) is 6.10 Å². The summed E-state index contributed by atoms with van der Waals surface area (Å²) in [5.74, 6) is 0. The van der Waals surface area contributed by atoms with Gasteiger partial charge in [0, 0.05) is 13.1 Å². The fourth-order valence-electron chi connectivity index (χ4n) is 1.87. The number of nitrogens with one attached hydrogen (secondary N) is 1. The van der Waals surface area contributed by atoms with Gasteiger partial charge in [0.1, 0.15) is 0 Å². The highest BCUT2D eigenvalue weighted by Gasteiger charge is 2.40. The lowest BCUT2D eigenvalue weighted by molar-refractivity contribution is 0.164. The average Bonchev–Trinajstić information content (AvgIpc) is 2.86. The molecule has 1 atom stereocenters. The van der Waals surface area contributed by atoms with Gasteiger partial charge >= 0.3 is 0 Å². The molecule has 0 aliphatic heterocycles. The predicted octanol–water partition coefficient (Wildman–Crippen LogP) is 1.93. The number of aliphatic hydroxyl groups is 1. The van der Waals surface area contributed by atoms with E-state index in [9.17, 15) is 5.11 Å². The lowest BCUT2D eigenvalue weighted by Gasteiger charge is -2.16. The van der Waals surface area contributed by atoms with Crippen LogP contribution in [0.15, 0.2) is 0 Å². The van der Waals surface area contributed by atoms with Gasteiger partial charge in [-0.1, -0.05) is 20.3 Å². The first kappa shape index (κ1) is 11.0. The summed E-state index contributed by atoms with van der Waals surface area (Å²) in [6.45, 7) is 6.14. The van der Waals surface area contributed by atoms with Crippen molar-refractivity contribution in [1.82, 2.24) is 5.32 Å². The molecule has 1 aliphatic carbocycles. The Morgan fingerprint density at radius 3 is 2.54 bits per heavy atom. The van der Waals surface area contributed by atoms with Gasteiger partial charge in [-0.05, 0) is 31.1 Å². The molecule has 0 aromatic heterocycles. The minimum Gasteiger partial charge on any atom is -0.392 e. The van der Waals surface area contributed by atoms with Gasteiger partial charge in [-0.2, -0.15) is 0 Å². The Morgan fingerprint density at radius 2 is 2.08 bits per heavy atom. The molecule has 0 spiro atoms. The zero-order valence-electron chi connectivity index (χ0n) is 8.97. The van der Waals surface area contributed by atoms with E-state index in [4.69, 9.17) is 0 Å². The fourth-order valence-corrected chi connectivity index (χ4v) is 1.87. The summed E-state index contributed by atoms with van der Waals surface area (Å²) in [5.41, 5.74) is 0.613. The van der Waals surface area contributed by atoms with Gasteiger partial charge in [-0.3, -0.25) is 0 Å². The fraction of sp³-hybridized carbons (Fsp3) is 1.00. The Morgan fingerprint density at radius 1 is 1.38 bits per heavy atom. The minimum absolute atomic E-state index is 0.155. The van der Waals surface area contributed by atoms with Crippen LogP contribution in [0.5, 0.6) is 0 Å². The molecule has 0 aromatic carbocycles. The van der Waals surface area contributed by atoms with Gasteiger partial charge in [0.05, 0.1) is 6.10 Å². The van der Waals surface area contributed by atoms with Crippen LogP contribution >= 0.6 is 0 Å². The molecule has 0 amide bonds. The molecule has 13 heavy (non-hydrogen) atoms. The maximum atomic E-state index is 9.34. The molecule has 78 valence electrons. The van der Waals surface area contributed by atoms with E-state index in [0.29, 0.717) is 5.41 Å². The lowest BCUT2D eigenvalue weighted by atomic mass is 10.0. The molecular formula is C11H23NO. The summed E-state index contributed by atoms with van der Waals surface area (Å²) in [6.07, 6.45) is 6.11. The van der Waals surface area contributed by atoms with Crippen molar-refractivity contribution < 1.29 is 5.11 Å². The average molecular weight is 185 g/mol. The maximum absolute atomic E-state index is 9.34. The van der Waals surface area contributed by atoms with E-state index in [1.807, 2.05) is 6.92 Å². The normalized spacial score (nSPS) is 21.5. The van der Waals surface area contributed by atoms with Crippen LogP contribution in [0.1, 0.15) is 46.0 Å². The molecule has 2 N–H and O–H groups in total. The summed E-state index contributed by atoms with van der Waals surface area (Å²) in [5, 5.41) is 12.7. The number of hydrogen-bond donors (Lipinski definition) is 2. The van der Waals surface area contributed by atoms with Crippen LogP contribution in [0.2, 0.25) is 0 Å². The molecular weight excluding hydrogens is 162 g/mol. The first-order valence-electron chi connectivity index (χ1n) is 5.61. The van der Waals surface area contributed by atoms with E-state index in [0.717, 1.165) is 19.5 Å². The zero-order chi connectivity index (χ0) is 9.73. The van der Waals surface area contributed by atoms with Crippen molar-refractivity contribution in [2.45, 2.75) is 52.1 Å². The Kier molecular flexibility index (Phi) is 4.20. The third-order valence-electron chi connectivity index (χ3n) is 3.09. The molecule has 2 heteroatoms. The second-order valence-electron chi connectivity index (χ2n) is 4.44. The monoisotopic (exact) mass is 185 g/mol. The molecule has 0 radical (unpaired) electrons. The third-order valence-corrected chi connectivity index (χ3v) is 3.09. The first-order valence-corrected chi connectivity index (χ1v) is 5.61. The van der Waals surface area contributed by atoms with E-state index >= 15 is 0 Å². The number of hydrogen-bond acceptors (Lipinski definition) is 2. The number of rotatable bonds is 7. The van der Waals surface area contributed by atoms with Gasteiger partial charge in [0.25, 0.3) is 0 Å². The van der Waals surface area contributed by atoms with Crippen molar-refractivity contribution in [2.75, 3.05) is 13.1 Å². The van der Waals surface area contributed by atoms with Gasteiger partial charge in [0.15, 0.2) is 0 Å². The van der Waals surface area contributed by atoms with Crippen molar-refractivity contribution in [3.63, 3.8) is 0 Å². The van der Waals surface area contributed by atoms with Gasteiger partial charge < -0.3 is 10.4 Å². The molecule has 0 bridgehead atoms. The summed E-state index contributed by atoms with van der Waals surface area (Å²) >= 11 is 0. The van der Waals surface area contributed by atoms with Gasteiger partial charge in [-0.25, -0.2) is 0 Å². The second-order valence-corrected chi connectivity index (χ2v) is 4.44. The van der Waals surface area contributed by atoms with Crippen LogP contribution in [0.4, 0.5) is 0 Å². The van der Waals surface area contributed by atoms with Crippen molar-refractivity contribution in [3.05, 3.63) is 0 Å². The Labute approximate surface area is 81.7 Å². The minimum atomic E-state index is -0.155. The third kappa shape index (κ3) is 3.65.